The third-order valence-corrected chi connectivity index (χ3v) is 5.08. The van der Waals surface area contributed by atoms with Gasteiger partial charge in [-0.3, -0.25) is 4.90 Å². The van der Waals surface area contributed by atoms with E-state index in [0.29, 0.717) is 12.1 Å². The molecule has 2 atom stereocenters. The molecule has 1 fully saturated rings. The molecule has 21 heavy (non-hydrogen) atoms. The average molecular weight is 354 g/mol. The Morgan fingerprint density at radius 2 is 2.19 bits per heavy atom. The van der Waals surface area contributed by atoms with E-state index in [9.17, 15) is 0 Å². The van der Waals surface area contributed by atoms with Crippen LogP contribution in [0.3, 0.4) is 0 Å². The van der Waals surface area contributed by atoms with Gasteiger partial charge in [-0.2, -0.15) is 0 Å². The van der Waals surface area contributed by atoms with Gasteiger partial charge in [-0.05, 0) is 32.3 Å². The molecule has 0 aromatic heterocycles. The van der Waals surface area contributed by atoms with Gasteiger partial charge in [-0.25, -0.2) is 0 Å². The monoisotopic (exact) mass is 353 g/mol. The first-order valence-electron chi connectivity index (χ1n) is 7.68. The van der Waals surface area contributed by atoms with Gasteiger partial charge in [0, 0.05) is 54.7 Å². The minimum absolute atomic E-state index is 0.395. The Hall–Kier alpha value is -0.620. The molecule has 0 bridgehead atoms. The maximum absolute atomic E-state index is 5.76. The number of hydrogen-bond acceptors (Lipinski definition) is 4. The molecule has 2 aliphatic heterocycles. The first-order valence-corrected chi connectivity index (χ1v) is 8.47. The summed E-state index contributed by atoms with van der Waals surface area (Å²) >= 11 is 3.56. The lowest BCUT2D eigenvalue weighted by Crippen LogP contribution is -2.54. The van der Waals surface area contributed by atoms with Crippen LogP contribution in [-0.2, 0) is 0 Å². The molecule has 0 amide bonds. The zero-order chi connectivity index (χ0) is 14.8. The summed E-state index contributed by atoms with van der Waals surface area (Å²) in [5, 5.41) is 3.76. The molecule has 3 rings (SSSR count). The summed E-state index contributed by atoms with van der Waals surface area (Å²) < 4.78 is 6.88. The predicted molar refractivity (Wildman–Crippen MR) is 88.9 cm³/mol. The molecule has 0 aliphatic carbocycles. The van der Waals surface area contributed by atoms with E-state index in [4.69, 9.17) is 4.74 Å². The number of nitrogens with one attached hydrogen (secondary N) is 1. The Balaban J connectivity index is 1.65. The second-order valence-electron chi connectivity index (χ2n) is 6.18. The van der Waals surface area contributed by atoms with Gasteiger partial charge in [0.15, 0.2) is 0 Å². The van der Waals surface area contributed by atoms with Gasteiger partial charge >= 0.3 is 0 Å². The fraction of sp³-hybridized carbons (Fsp3) is 0.625. The first kappa shape index (κ1) is 15.3. The third-order valence-electron chi connectivity index (χ3n) is 4.59. The van der Waals surface area contributed by atoms with Crippen LogP contribution in [0.5, 0.6) is 5.75 Å². The smallest absolute Gasteiger partial charge is 0.124 e. The standard InChI is InChI=1S/C16H24BrN3O/c1-19-6-7-20(2)13(11-19)10-18-15-5-8-21-16-4-3-12(17)9-14(15)16/h3-4,9,13,15,18H,5-8,10-11H2,1-2H3. The van der Waals surface area contributed by atoms with Crippen LogP contribution in [0.25, 0.3) is 0 Å². The van der Waals surface area contributed by atoms with Crippen LogP contribution in [-0.4, -0.2) is 62.7 Å². The van der Waals surface area contributed by atoms with E-state index >= 15 is 0 Å². The Morgan fingerprint density at radius 1 is 1.33 bits per heavy atom. The number of ether oxygens (including phenoxy) is 1. The summed E-state index contributed by atoms with van der Waals surface area (Å²) in [7, 11) is 4.44. The lowest BCUT2D eigenvalue weighted by Gasteiger charge is -2.39. The summed E-state index contributed by atoms with van der Waals surface area (Å²) in [5.41, 5.74) is 1.28. The Labute approximate surface area is 135 Å². The Kier molecular flexibility index (Phi) is 4.84. The van der Waals surface area contributed by atoms with Crippen molar-refractivity contribution in [2.24, 2.45) is 0 Å². The summed E-state index contributed by atoms with van der Waals surface area (Å²) in [6.45, 7) is 5.28. The number of piperazine rings is 1. The molecule has 1 N–H and O–H groups in total. The maximum Gasteiger partial charge on any atom is 0.124 e. The number of nitrogens with zero attached hydrogens (tertiary/aromatic N) is 2. The van der Waals surface area contributed by atoms with Crippen molar-refractivity contribution in [3.8, 4) is 5.75 Å². The Bertz CT molecular complexity index is 496. The lowest BCUT2D eigenvalue weighted by atomic mass is 10.00. The van der Waals surface area contributed by atoms with E-state index < -0.39 is 0 Å². The lowest BCUT2D eigenvalue weighted by molar-refractivity contribution is 0.109. The Morgan fingerprint density at radius 3 is 3.05 bits per heavy atom. The number of halogens is 1. The van der Waals surface area contributed by atoms with Crippen molar-refractivity contribution in [1.29, 1.82) is 0 Å². The fourth-order valence-corrected chi connectivity index (χ4v) is 3.56. The summed E-state index contributed by atoms with van der Waals surface area (Å²) in [4.78, 5) is 4.88. The van der Waals surface area contributed by atoms with Crippen molar-refractivity contribution < 1.29 is 4.74 Å². The molecule has 0 radical (unpaired) electrons. The van der Waals surface area contributed by atoms with E-state index in [1.165, 1.54) is 12.1 Å². The van der Waals surface area contributed by atoms with Gasteiger partial charge < -0.3 is 15.0 Å². The number of hydrogen-bond donors (Lipinski definition) is 1. The van der Waals surface area contributed by atoms with Crippen LogP contribution in [0.1, 0.15) is 18.0 Å². The molecule has 116 valence electrons. The molecule has 2 heterocycles. The molecule has 2 unspecified atom stereocenters. The molecule has 1 aromatic carbocycles. The predicted octanol–water partition coefficient (Wildman–Crippen LogP) is 2.11. The molecule has 4 nitrogen and oxygen atoms in total. The van der Waals surface area contributed by atoms with Crippen LogP contribution in [0.2, 0.25) is 0 Å². The van der Waals surface area contributed by atoms with Crippen LogP contribution in [0.15, 0.2) is 22.7 Å². The van der Waals surface area contributed by atoms with Crippen LogP contribution < -0.4 is 10.1 Å². The van der Waals surface area contributed by atoms with Gasteiger partial charge in [0.1, 0.15) is 5.75 Å². The third kappa shape index (κ3) is 3.59. The van der Waals surface area contributed by atoms with Gasteiger partial charge in [-0.15, -0.1) is 0 Å². The van der Waals surface area contributed by atoms with Gasteiger partial charge in [0.25, 0.3) is 0 Å². The highest BCUT2D eigenvalue weighted by Crippen LogP contribution is 2.34. The molecule has 5 heteroatoms. The molecular weight excluding hydrogens is 330 g/mol. The molecular formula is C16H24BrN3O. The van der Waals surface area contributed by atoms with E-state index in [1.807, 2.05) is 6.07 Å². The number of benzene rings is 1. The summed E-state index contributed by atoms with van der Waals surface area (Å²) in [6.07, 6.45) is 1.04. The van der Waals surface area contributed by atoms with E-state index in [1.54, 1.807) is 0 Å². The highest BCUT2D eigenvalue weighted by molar-refractivity contribution is 9.10. The van der Waals surface area contributed by atoms with Crippen molar-refractivity contribution in [1.82, 2.24) is 15.1 Å². The second-order valence-corrected chi connectivity index (χ2v) is 7.09. The van der Waals surface area contributed by atoms with Crippen molar-refractivity contribution in [2.75, 3.05) is 46.9 Å². The summed E-state index contributed by atoms with van der Waals surface area (Å²) in [6, 6.07) is 7.27. The highest BCUT2D eigenvalue weighted by atomic mass is 79.9. The quantitative estimate of drug-likeness (QED) is 0.900. The number of fused-ring (bicyclic) bond motifs is 1. The van der Waals surface area contributed by atoms with Crippen LogP contribution in [0, 0.1) is 0 Å². The van der Waals surface area contributed by atoms with Crippen molar-refractivity contribution >= 4 is 15.9 Å². The van der Waals surface area contributed by atoms with Crippen molar-refractivity contribution in [3.05, 3.63) is 28.2 Å². The summed E-state index contributed by atoms with van der Waals surface area (Å²) in [5.74, 6) is 1.02. The fourth-order valence-electron chi connectivity index (χ4n) is 3.18. The molecule has 0 spiro atoms. The maximum atomic E-state index is 5.76. The number of rotatable bonds is 3. The SMILES string of the molecule is CN1CCN(C)C(CNC2CCOc3ccc(Br)cc32)C1. The van der Waals surface area contributed by atoms with E-state index in [-0.39, 0.29) is 0 Å². The second kappa shape index (κ2) is 6.65. The zero-order valence-corrected chi connectivity index (χ0v) is 14.4. The molecule has 1 saturated heterocycles. The minimum atomic E-state index is 0.395. The molecule has 1 aromatic rings. The average Bonchev–Trinajstić information content (AvgIpc) is 2.48. The van der Waals surface area contributed by atoms with E-state index in [2.05, 4.69) is 57.3 Å². The minimum Gasteiger partial charge on any atom is -0.493 e. The van der Waals surface area contributed by atoms with Gasteiger partial charge in [0.2, 0.25) is 0 Å². The van der Waals surface area contributed by atoms with Gasteiger partial charge in [0.05, 0.1) is 6.61 Å². The normalized spacial score (nSPS) is 27.2. The first-order chi connectivity index (χ1) is 10.1. The van der Waals surface area contributed by atoms with Gasteiger partial charge in [-0.1, -0.05) is 15.9 Å². The number of likely N-dealkylation sites (N-methyl/N-ethyl adjacent to an activating group) is 2. The highest BCUT2D eigenvalue weighted by Gasteiger charge is 2.25. The van der Waals surface area contributed by atoms with Crippen molar-refractivity contribution in [2.45, 2.75) is 18.5 Å². The van der Waals surface area contributed by atoms with Crippen molar-refractivity contribution in [3.63, 3.8) is 0 Å². The largest absolute Gasteiger partial charge is 0.493 e. The van der Waals surface area contributed by atoms with Crippen LogP contribution >= 0.6 is 15.9 Å². The van der Waals surface area contributed by atoms with E-state index in [0.717, 1.165) is 42.9 Å². The van der Waals surface area contributed by atoms with Crippen LogP contribution in [0.4, 0.5) is 0 Å². The molecule has 2 aliphatic rings. The topological polar surface area (TPSA) is 27.7 Å². The molecule has 0 saturated carbocycles. The zero-order valence-electron chi connectivity index (χ0n) is 12.8.